The van der Waals surface area contributed by atoms with E-state index in [1.165, 1.54) is 25.7 Å². The van der Waals surface area contributed by atoms with Crippen molar-refractivity contribution in [2.75, 3.05) is 26.8 Å². The Labute approximate surface area is 105 Å². The van der Waals surface area contributed by atoms with E-state index in [0.717, 1.165) is 18.9 Å². The zero-order chi connectivity index (χ0) is 12.3. The number of likely N-dealkylation sites (N-methyl/N-ethyl adjacent to an activating group) is 1. The first-order valence-electron chi connectivity index (χ1n) is 6.97. The third-order valence-corrected chi connectivity index (χ3v) is 4.32. The van der Waals surface area contributed by atoms with Gasteiger partial charge in [-0.15, -0.1) is 0 Å². The van der Waals surface area contributed by atoms with Crippen LogP contribution in [0.1, 0.15) is 39.0 Å². The summed E-state index contributed by atoms with van der Waals surface area (Å²) in [5.74, 6) is 1.36. The summed E-state index contributed by atoms with van der Waals surface area (Å²) in [7, 11) is 2.11. The number of ether oxygens (including phenoxy) is 1. The summed E-state index contributed by atoms with van der Waals surface area (Å²) in [5, 5.41) is 0. The Morgan fingerprint density at radius 3 is 2.82 bits per heavy atom. The molecule has 2 rings (SSSR count). The van der Waals surface area contributed by atoms with E-state index >= 15 is 0 Å². The molecule has 0 aromatic carbocycles. The van der Waals surface area contributed by atoms with Crippen LogP contribution in [0.5, 0.6) is 0 Å². The van der Waals surface area contributed by atoms with Gasteiger partial charge in [0.05, 0.1) is 13.2 Å². The molecule has 3 heteroatoms. The van der Waals surface area contributed by atoms with Gasteiger partial charge in [-0.05, 0) is 32.2 Å². The Bertz CT molecular complexity index is 261. The van der Waals surface area contributed by atoms with Crippen LogP contribution >= 0.6 is 0 Å². The highest BCUT2D eigenvalue weighted by atomic mass is 16.5. The van der Waals surface area contributed by atoms with Gasteiger partial charge in [0.1, 0.15) is 0 Å². The fraction of sp³-hybridized carbons (Fsp3) is 0.929. The van der Waals surface area contributed by atoms with E-state index in [-0.39, 0.29) is 5.92 Å². The molecule has 2 fully saturated rings. The molecule has 1 saturated carbocycles. The molecule has 1 aliphatic heterocycles. The highest BCUT2D eigenvalue weighted by Gasteiger charge is 2.28. The van der Waals surface area contributed by atoms with E-state index in [9.17, 15) is 4.79 Å². The molecule has 0 aromatic rings. The van der Waals surface area contributed by atoms with Gasteiger partial charge in [0.2, 0.25) is 0 Å². The predicted octanol–water partition coefficient (Wildman–Crippen LogP) is 2.10. The second-order valence-electron chi connectivity index (χ2n) is 5.87. The molecule has 1 heterocycles. The van der Waals surface area contributed by atoms with Crippen molar-refractivity contribution in [3.63, 3.8) is 0 Å². The zero-order valence-electron chi connectivity index (χ0n) is 11.2. The van der Waals surface area contributed by atoms with E-state index < -0.39 is 0 Å². The number of hydrogen-bond donors (Lipinski definition) is 0. The lowest BCUT2D eigenvalue weighted by molar-refractivity contribution is -0.124. The van der Waals surface area contributed by atoms with Crippen molar-refractivity contribution in [3.05, 3.63) is 0 Å². The average Bonchev–Trinajstić information content (AvgIpc) is 2.82. The van der Waals surface area contributed by atoms with Crippen LogP contribution in [0, 0.1) is 11.8 Å². The van der Waals surface area contributed by atoms with Gasteiger partial charge in [0, 0.05) is 18.6 Å². The number of rotatable bonds is 4. The number of carbonyl (C=O) groups is 1. The van der Waals surface area contributed by atoms with Crippen molar-refractivity contribution in [1.29, 1.82) is 0 Å². The van der Waals surface area contributed by atoms with Crippen LogP contribution in [0.25, 0.3) is 0 Å². The van der Waals surface area contributed by atoms with Crippen molar-refractivity contribution in [2.45, 2.75) is 45.1 Å². The number of Topliss-reactive ketones (excluding diaryl/α,β-unsaturated/α-hetero) is 1. The lowest BCUT2D eigenvalue weighted by atomic mass is 9.86. The van der Waals surface area contributed by atoms with Crippen LogP contribution in [0.4, 0.5) is 0 Å². The summed E-state index contributed by atoms with van der Waals surface area (Å²) in [6.45, 7) is 4.35. The summed E-state index contributed by atoms with van der Waals surface area (Å²) in [4.78, 5) is 14.3. The standard InChI is InChI=1S/C14H25NO2/c1-11-4-3-5-13(8-11)15(2)9-14(16)12-6-7-17-10-12/h11-13H,3-10H2,1-2H3. The summed E-state index contributed by atoms with van der Waals surface area (Å²) in [5.41, 5.74) is 0. The summed E-state index contributed by atoms with van der Waals surface area (Å²) < 4.78 is 5.28. The summed E-state index contributed by atoms with van der Waals surface area (Å²) >= 11 is 0. The molecule has 98 valence electrons. The van der Waals surface area contributed by atoms with Gasteiger partial charge in [-0.3, -0.25) is 9.69 Å². The van der Waals surface area contributed by atoms with Crippen LogP contribution in [0.3, 0.4) is 0 Å². The topological polar surface area (TPSA) is 29.5 Å². The first kappa shape index (κ1) is 13.0. The second kappa shape index (κ2) is 5.96. The molecule has 0 amide bonds. The van der Waals surface area contributed by atoms with Crippen LogP contribution in [0.2, 0.25) is 0 Å². The molecule has 0 spiro atoms. The molecule has 3 unspecified atom stereocenters. The van der Waals surface area contributed by atoms with Crippen molar-refractivity contribution in [1.82, 2.24) is 4.90 Å². The highest BCUT2D eigenvalue weighted by molar-refractivity contribution is 5.83. The fourth-order valence-electron chi connectivity index (χ4n) is 3.09. The summed E-state index contributed by atoms with van der Waals surface area (Å²) in [6, 6.07) is 0.616. The van der Waals surface area contributed by atoms with Crippen molar-refractivity contribution >= 4 is 5.78 Å². The average molecular weight is 239 g/mol. The van der Waals surface area contributed by atoms with Crippen molar-refractivity contribution in [3.8, 4) is 0 Å². The highest BCUT2D eigenvalue weighted by Crippen LogP contribution is 2.27. The van der Waals surface area contributed by atoms with Crippen LogP contribution in [-0.2, 0) is 9.53 Å². The van der Waals surface area contributed by atoms with Crippen molar-refractivity contribution < 1.29 is 9.53 Å². The van der Waals surface area contributed by atoms with Gasteiger partial charge in [0.15, 0.2) is 5.78 Å². The Hall–Kier alpha value is -0.410. The molecule has 1 saturated heterocycles. The Morgan fingerprint density at radius 2 is 2.18 bits per heavy atom. The molecule has 3 nitrogen and oxygen atoms in total. The Kier molecular flexibility index (Phi) is 4.57. The third-order valence-electron chi connectivity index (χ3n) is 4.32. The lowest BCUT2D eigenvalue weighted by Gasteiger charge is -2.34. The minimum Gasteiger partial charge on any atom is -0.381 e. The van der Waals surface area contributed by atoms with Gasteiger partial charge in [-0.2, -0.15) is 0 Å². The molecule has 0 bridgehead atoms. The smallest absolute Gasteiger partial charge is 0.152 e. The van der Waals surface area contributed by atoms with E-state index in [4.69, 9.17) is 4.74 Å². The summed E-state index contributed by atoms with van der Waals surface area (Å²) in [6.07, 6.45) is 6.11. The quantitative estimate of drug-likeness (QED) is 0.752. The molecule has 0 aromatic heterocycles. The first-order valence-corrected chi connectivity index (χ1v) is 6.97. The second-order valence-corrected chi connectivity index (χ2v) is 5.87. The van der Waals surface area contributed by atoms with Crippen LogP contribution in [-0.4, -0.2) is 43.5 Å². The molecule has 0 N–H and O–H groups in total. The fourth-order valence-corrected chi connectivity index (χ4v) is 3.09. The van der Waals surface area contributed by atoms with Gasteiger partial charge in [-0.25, -0.2) is 0 Å². The predicted molar refractivity (Wildman–Crippen MR) is 68.0 cm³/mol. The van der Waals surface area contributed by atoms with Gasteiger partial charge >= 0.3 is 0 Å². The monoisotopic (exact) mass is 239 g/mol. The zero-order valence-corrected chi connectivity index (χ0v) is 11.2. The van der Waals surface area contributed by atoms with E-state index in [2.05, 4.69) is 18.9 Å². The number of carbonyl (C=O) groups excluding carboxylic acids is 1. The van der Waals surface area contributed by atoms with E-state index in [1.54, 1.807) is 0 Å². The third kappa shape index (κ3) is 3.52. The molecule has 2 aliphatic rings. The Balaban J connectivity index is 1.79. The molecule has 1 aliphatic carbocycles. The van der Waals surface area contributed by atoms with Crippen molar-refractivity contribution in [2.24, 2.45) is 11.8 Å². The molecule has 17 heavy (non-hydrogen) atoms. The maximum Gasteiger partial charge on any atom is 0.152 e. The Morgan fingerprint density at radius 1 is 1.35 bits per heavy atom. The number of ketones is 1. The largest absolute Gasteiger partial charge is 0.381 e. The first-order chi connectivity index (χ1) is 8.16. The normalized spacial score (nSPS) is 34.2. The minimum absolute atomic E-state index is 0.165. The van der Waals surface area contributed by atoms with E-state index in [0.29, 0.717) is 25.0 Å². The van der Waals surface area contributed by atoms with Crippen LogP contribution < -0.4 is 0 Å². The van der Waals surface area contributed by atoms with Gasteiger partial charge in [-0.1, -0.05) is 19.8 Å². The molecule has 3 atom stereocenters. The van der Waals surface area contributed by atoms with Crippen LogP contribution in [0.15, 0.2) is 0 Å². The maximum atomic E-state index is 12.1. The lowest BCUT2D eigenvalue weighted by Crippen LogP contribution is -2.40. The molecular formula is C14H25NO2. The number of hydrogen-bond acceptors (Lipinski definition) is 3. The maximum absolute atomic E-state index is 12.1. The molecular weight excluding hydrogens is 214 g/mol. The number of nitrogens with zero attached hydrogens (tertiary/aromatic N) is 1. The van der Waals surface area contributed by atoms with Gasteiger partial charge in [0.25, 0.3) is 0 Å². The SMILES string of the molecule is CC1CCCC(N(C)CC(=O)C2CCOC2)C1. The van der Waals surface area contributed by atoms with Gasteiger partial charge < -0.3 is 4.74 Å². The molecule has 0 radical (unpaired) electrons. The van der Waals surface area contributed by atoms with E-state index in [1.807, 2.05) is 0 Å². The minimum atomic E-state index is 0.165.